The van der Waals surface area contributed by atoms with E-state index >= 15 is 0 Å². The van der Waals surface area contributed by atoms with Gasteiger partial charge in [-0.3, -0.25) is 4.98 Å². The molecule has 0 fully saturated rings. The van der Waals surface area contributed by atoms with Gasteiger partial charge in [0.25, 0.3) is 0 Å². The minimum atomic E-state index is -0.673. The van der Waals surface area contributed by atoms with Gasteiger partial charge in [0.05, 0.1) is 13.2 Å². The molecule has 0 radical (unpaired) electrons. The lowest BCUT2D eigenvalue weighted by Crippen LogP contribution is -2.40. The molecular formula is C22H30IN7O2. The Bertz CT molecular complexity index is 978. The molecule has 3 rings (SSSR count). The lowest BCUT2D eigenvalue weighted by Gasteiger charge is -2.16. The second-order valence-corrected chi connectivity index (χ2v) is 7.09. The lowest BCUT2D eigenvalue weighted by atomic mass is 10.1. The van der Waals surface area contributed by atoms with E-state index < -0.39 is 6.10 Å². The maximum absolute atomic E-state index is 10.4. The molecule has 2 aromatic heterocycles. The first kappa shape index (κ1) is 25.5. The smallest absolute Gasteiger partial charge is 0.191 e. The first-order valence-electron chi connectivity index (χ1n) is 10.1. The number of nitrogens with zero attached hydrogens (tertiary/aromatic N) is 5. The molecule has 9 nitrogen and oxygen atoms in total. The van der Waals surface area contributed by atoms with E-state index in [4.69, 9.17) is 4.74 Å². The number of aromatic nitrogens is 4. The van der Waals surface area contributed by atoms with Crippen LogP contribution >= 0.6 is 24.0 Å². The van der Waals surface area contributed by atoms with Gasteiger partial charge in [-0.05, 0) is 48.7 Å². The van der Waals surface area contributed by atoms with Crippen LogP contribution in [0.2, 0.25) is 0 Å². The van der Waals surface area contributed by atoms with Gasteiger partial charge >= 0.3 is 0 Å². The number of nitrogens with one attached hydrogen (secondary N) is 2. The molecule has 0 saturated heterocycles. The molecule has 1 atom stereocenters. The molecule has 1 aromatic carbocycles. The molecule has 172 valence electrons. The van der Waals surface area contributed by atoms with Crippen molar-refractivity contribution in [3.8, 4) is 5.75 Å². The van der Waals surface area contributed by atoms with E-state index in [1.54, 1.807) is 31.6 Å². The highest BCUT2D eigenvalue weighted by molar-refractivity contribution is 14.0. The van der Waals surface area contributed by atoms with E-state index in [0.717, 1.165) is 29.4 Å². The second kappa shape index (κ2) is 13.0. The van der Waals surface area contributed by atoms with Gasteiger partial charge in [-0.25, -0.2) is 4.99 Å². The standard InChI is InChI=1S/C22H29N7O2.HI/c1-16-27-28-21(29(16)2)15-26-22(25-14-20(30)18-9-11-23-12-10-18)24-13-8-17-4-6-19(31-3)7-5-17;/h4-7,9-12,20,30H,8,13-15H2,1-3H3,(H2,24,25,26);1H. The number of benzene rings is 1. The van der Waals surface area contributed by atoms with Gasteiger partial charge in [0.15, 0.2) is 11.8 Å². The van der Waals surface area contributed by atoms with E-state index in [-0.39, 0.29) is 24.0 Å². The molecule has 0 spiro atoms. The van der Waals surface area contributed by atoms with Crippen LogP contribution in [0.3, 0.4) is 0 Å². The summed E-state index contributed by atoms with van der Waals surface area (Å²) >= 11 is 0. The molecule has 1 unspecified atom stereocenters. The van der Waals surface area contributed by atoms with Crippen molar-refractivity contribution in [2.24, 2.45) is 12.0 Å². The zero-order valence-corrected chi connectivity index (χ0v) is 20.9. The molecule has 0 aliphatic carbocycles. The Morgan fingerprint density at radius 2 is 1.84 bits per heavy atom. The van der Waals surface area contributed by atoms with Crippen LogP contribution in [0, 0.1) is 6.92 Å². The molecule has 0 bridgehead atoms. The largest absolute Gasteiger partial charge is 0.497 e. The summed E-state index contributed by atoms with van der Waals surface area (Å²) in [5, 5.41) is 25.2. The predicted molar refractivity (Wildman–Crippen MR) is 134 cm³/mol. The molecule has 0 saturated carbocycles. The van der Waals surface area contributed by atoms with E-state index in [1.165, 1.54) is 5.56 Å². The summed E-state index contributed by atoms with van der Waals surface area (Å²) in [4.78, 5) is 8.61. The fourth-order valence-electron chi connectivity index (χ4n) is 2.93. The SMILES string of the molecule is COc1ccc(CCNC(=NCc2nnc(C)n2C)NCC(O)c2ccncc2)cc1.I. The number of guanidine groups is 1. The maximum atomic E-state index is 10.4. The minimum absolute atomic E-state index is 0. The number of aliphatic imine (C=N–C) groups is 1. The third-order valence-corrected chi connectivity index (χ3v) is 4.98. The van der Waals surface area contributed by atoms with Gasteiger partial charge < -0.3 is 25.0 Å². The van der Waals surface area contributed by atoms with Gasteiger partial charge in [-0.2, -0.15) is 0 Å². The van der Waals surface area contributed by atoms with Crippen LogP contribution in [0.1, 0.15) is 28.9 Å². The van der Waals surface area contributed by atoms with Crippen molar-refractivity contribution in [2.75, 3.05) is 20.2 Å². The fourth-order valence-corrected chi connectivity index (χ4v) is 2.93. The third kappa shape index (κ3) is 7.45. The van der Waals surface area contributed by atoms with Crippen molar-refractivity contribution >= 4 is 29.9 Å². The number of ether oxygens (including phenoxy) is 1. The van der Waals surface area contributed by atoms with Gasteiger partial charge in [0.2, 0.25) is 0 Å². The quantitative estimate of drug-likeness (QED) is 0.213. The Balaban J connectivity index is 0.00000363. The Morgan fingerprint density at radius 3 is 2.47 bits per heavy atom. The van der Waals surface area contributed by atoms with Crippen LogP contribution in [0.4, 0.5) is 0 Å². The van der Waals surface area contributed by atoms with Gasteiger partial charge in [0, 0.05) is 32.5 Å². The number of pyridine rings is 1. The Morgan fingerprint density at radius 1 is 1.12 bits per heavy atom. The van der Waals surface area contributed by atoms with Crippen molar-refractivity contribution in [3.05, 3.63) is 71.6 Å². The average Bonchev–Trinajstić information content (AvgIpc) is 3.13. The number of hydrogen-bond acceptors (Lipinski definition) is 6. The average molecular weight is 551 g/mol. The van der Waals surface area contributed by atoms with Crippen molar-refractivity contribution in [1.29, 1.82) is 0 Å². The number of aliphatic hydroxyl groups excluding tert-OH is 1. The summed E-state index contributed by atoms with van der Waals surface area (Å²) in [6, 6.07) is 11.6. The number of rotatable bonds is 9. The number of aliphatic hydroxyl groups is 1. The Hall–Kier alpha value is -2.73. The maximum Gasteiger partial charge on any atom is 0.191 e. The summed E-state index contributed by atoms with van der Waals surface area (Å²) < 4.78 is 7.11. The summed E-state index contributed by atoms with van der Waals surface area (Å²) in [5.41, 5.74) is 1.98. The first-order valence-corrected chi connectivity index (χ1v) is 10.1. The fraction of sp³-hybridized carbons (Fsp3) is 0.364. The molecule has 3 aromatic rings. The van der Waals surface area contributed by atoms with Crippen LogP contribution in [-0.2, 0) is 20.0 Å². The summed E-state index contributed by atoms with van der Waals surface area (Å²) in [6.45, 7) is 3.27. The van der Waals surface area contributed by atoms with Crippen molar-refractivity contribution in [3.63, 3.8) is 0 Å². The highest BCUT2D eigenvalue weighted by Crippen LogP contribution is 2.11. The van der Waals surface area contributed by atoms with Crippen molar-refractivity contribution < 1.29 is 9.84 Å². The third-order valence-electron chi connectivity index (χ3n) is 4.98. The zero-order chi connectivity index (χ0) is 22.1. The predicted octanol–water partition coefficient (Wildman–Crippen LogP) is 2.16. The molecule has 0 aliphatic rings. The minimum Gasteiger partial charge on any atom is -0.497 e. The Kier molecular flexibility index (Phi) is 10.3. The van der Waals surface area contributed by atoms with Crippen LogP contribution in [0.15, 0.2) is 53.8 Å². The van der Waals surface area contributed by atoms with Gasteiger partial charge in [-0.1, -0.05) is 12.1 Å². The topological polar surface area (TPSA) is 109 Å². The number of methoxy groups -OCH3 is 1. The Labute approximate surface area is 205 Å². The molecule has 0 amide bonds. The highest BCUT2D eigenvalue weighted by atomic mass is 127. The van der Waals surface area contributed by atoms with E-state index in [0.29, 0.717) is 25.6 Å². The zero-order valence-electron chi connectivity index (χ0n) is 18.5. The number of hydrogen-bond donors (Lipinski definition) is 3. The lowest BCUT2D eigenvalue weighted by molar-refractivity contribution is 0.180. The van der Waals surface area contributed by atoms with Crippen LogP contribution < -0.4 is 15.4 Å². The number of halogens is 1. The monoisotopic (exact) mass is 551 g/mol. The van der Waals surface area contributed by atoms with E-state index in [9.17, 15) is 5.11 Å². The molecule has 0 aliphatic heterocycles. The van der Waals surface area contributed by atoms with Crippen LogP contribution in [0.5, 0.6) is 5.75 Å². The molecule has 10 heteroatoms. The molecule has 2 heterocycles. The highest BCUT2D eigenvalue weighted by Gasteiger charge is 2.10. The molecular weight excluding hydrogens is 521 g/mol. The van der Waals surface area contributed by atoms with E-state index in [1.807, 2.05) is 42.8 Å². The van der Waals surface area contributed by atoms with Crippen LogP contribution in [0.25, 0.3) is 0 Å². The molecule has 32 heavy (non-hydrogen) atoms. The van der Waals surface area contributed by atoms with Gasteiger partial charge in [-0.15, -0.1) is 34.2 Å². The molecule has 3 N–H and O–H groups in total. The first-order chi connectivity index (χ1) is 15.1. The summed E-state index contributed by atoms with van der Waals surface area (Å²) in [6.07, 6.45) is 3.48. The summed E-state index contributed by atoms with van der Waals surface area (Å²) in [7, 11) is 3.57. The normalized spacial score (nSPS) is 12.1. The van der Waals surface area contributed by atoms with Gasteiger partial charge in [0.1, 0.15) is 18.1 Å². The van der Waals surface area contributed by atoms with Crippen LogP contribution in [-0.4, -0.2) is 51.0 Å². The summed E-state index contributed by atoms with van der Waals surface area (Å²) in [5.74, 6) is 3.04. The number of aryl methyl sites for hydroxylation is 1. The van der Waals surface area contributed by atoms with Crippen molar-refractivity contribution in [2.45, 2.75) is 26.0 Å². The van der Waals surface area contributed by atoms with E-state index in [2.05, 4.69) is 30.8 Å². The second-order valence-electron chi connectivity index (χ2n) is 7.09. The van der Waals surface area contributed by atoms with Crippen molar-refractivity contribution in [1.82, 2.24) is 30.4 Å².